The highest BCUT2D eigenvalue weighted by Crippen LogP contribution is 2.21. The molecule has 150 valence electrons. The molecule has 2 amide bonds. The first-order chi connectivity index (χ1) is 13.3. The molecule has 0 spiro atoms. The zero-order valence-electron chi connectivity index (χ0n) is 17.1. The topological polar surface area (TPSA) is 84.7 Å². The van der Waals surface area contributed by atoms with E-state index in [1.54, 1.807) is 13.3 Å². The quantitative estimate of drug-likeness (QED) is 0.417. The molecule has 0 aliphatic carbocycles. The molecule has 28 heavy (non-hydrogen) atoms. The monoisotopic (exact) mass is 384 g/mol. The number of aromatic nitrogens is 1. The SMILES string of the molecule is COc1ccc(-n2c(C)cc(/C=N/NC(=O)CC(=O)NCC(C)C)c2C)cc1. The minimum Gasteiger partial charge on any atom is -0.497 e. The fourth-order valence-corrected chi connectivity index (χ4v) is 2.79. The van der Waals surface area contributed by atoms with Crippen molar-refractivity contribution in [3.05, 3.63) is 47.3 Å². The summed E-state index contributed by atoms with van der Waals surface area (Å²) in [6, 6.07) is 9.78. The fourth-order valence-electron chi connectivity index (χ4n) is 2.79. The number of hydrogen-bond acceptors (Lipinski definition) is 4. The number of carbonyl (C=O) groups is 2. The Kier molecular flexibility index (Phi) is 7.37. The van der Waals surface area contributed by atoms with Crippen molar-refractivity contribution in [2.24, 2.45) is 11.0 Å². The Morgan fingerprint density at radius 2 is 1.86 bits per heavy atom. The van der Waals surface area contributed by atoms with Gasteiger partial charge in [-0.25, -0.2) is 5.43 Å². The van der Waals surface area contributed by atoms with Gasteiger partial charge in [-0.2, -0.15) is 5.10 Å². The average molecular weight is 384 g/mol. The van der Waals surface area contributed by atoms with Gasteiger partial charge in [0.2, 0.25) is 11.8 Å². The molecule has 0 aliphatic rings. The van der Waals surface area contributed by atoms with Crippen LogP contribution in [0.3, 0.4) is 0 Å². The summed E-state index contributed by atoms with van der Waals surface area (Å²) in [4.78, 5) is 23.5. The molecule has 1 heterocycles. The smallest absolute Gasteiger partial charge is 0.249 e. The molecule has 0 fully saturated rings. The molecule has 0 saturated carbocycles. The number of nitrogens with zero attached hydrogens (tertiary/aromatic N) is 2. The van der Waals surface area contributed by atoms with Crippen molar-refractivity contribution in [2.45, 2.75) is 34.1 Å². The number of ether oxygens (including phenoxy) is 1. The summed E-state index contributed by atoms with van der Waals surface area (Å²) >= 11 is 0. The van der Waals surface area contributed by atoms with E-state index in [1.165, 1.54) is 0 Å². The number of amides is 2. The number of nitrogens with one attached hydrogen (secondary N) is 2. The van der Waals surface area contributed by atoms with Crippen LogP contribution in [-0.2, 0) is 9.59 Å². The third-order valence-corrected chi connectivity index (χ3v) is 4.22. The molecular weight excluding hydrogens is 356 g/mol. The van der Waals surface area contributed by atoms with E-state index >= 15 is 0 Å². The van der Waals surface area contributed by atoms with Crippen LogP contribution < -0.4 is 15.5 Å². The van der Waals surface area contributed by atoms with Gasteiger partial charge in [0.15, 0.2) is 0 Å². The maximum atomic E-state index is 11.8. The van der Waals surface area contributed by atoms with Crippen LogP contribution >= 0.6 is 0 Å². The third kappa shape index (κ3) is 5.70. The molecule has 1 aromatic heterocycles. The molecule has 0 radical (unpaired) electrons. The van der Waals surface area contributed by atoms with E-state index in [-0.39, 0.29) is 12.3 Å². The molecule has 7 nitrogen and oxygen atoms in total. The number of carbonyl (C=O) groups excluding carboxylic acids is 2. The Morgan fingerprint density at radius 1 is 1.18 bits per heavy atom. The number of methoxy groups -OCH3 is 1. The Bertz CT molecular complexity index is 851. The van der Waals surface area contributed by atoms with Gasteiger partial charge in [-0.1, -0.05) is 13.8 Å². The number of benzene rings is 1. The van der Waals surface area contributed by atoms with Gasteiger partial charge < -0.3 is 14.6 Å². The van der Waals surface area contributed by atoms with E-state index in [2.05, 4.69) is 20.4 Å². The van der Waals surface area contributed by atoms with Crippen molar-refractivity contribution in [1.29, 1.82) is 0 Å². The number of rotatable bonds is 8. The summed E-state index contributed by atoms with van der Waals surface area (Å²) in [5.41, 5.74) is 6.35. The lowest BCUT2D eigenvalue weighted by Gasteiger charge is -2.10. The summed E-state index contributed by atoms with van der Waals surface area (Å²) < 4.78 is 7.30. The maximum Gasteiger partial charge on any atom is 0.249 e. The van der Waals surface area contributed by atoms with Crippen molar-refractivity contribution >= 4 is 18.0 Å². The Hall–Kier alpha value is -3.09. The summed E-state index contributed by atoms with van der Waals surface area (Å²) in [5, 5.41) is 6.69. The highest BCUT2D eigenvalue weighted by molar-refractivity contribution is 5.97. The lowest BCUT2D eigenvalue weighted by molar-refractivity contribution is -0.129. The summed E-state index contributed by atoms with van der Waals surface area (Å²) in [7, 11) is 1.64. The van der Waals surface area contributed by atoms with Crippen LogP contribution in [0.4, 0.5) is 0 Å². The number of hydrazone groups is 1. The zero-order chi connectivity index (χ0) is 20.7. The van der Waals surface area contributed by atoms with Crippen molar-refractivity contribution < 1.29 is 14.3 Å². The van der Waals surface area contributed by atoms with Gasteiger partial charge >= 0.3 is 0 Å². The van der Waals surface area contributed by atoms with Gasteiger partial charge in [0.1, 0.15) is 12.2 Å². The van der Waals surface area contributed by atoms with Gasteiger partial charge in [-0.15, -0.1) is 0 Å². The first kappa shape index (κ1) is 21.2. The Balaban J connectivity index is 2.00. The predicted molar refractivity (Wildman–Crippen MR) is 110 cm³/mol. The minimum atomic E-state index is -0.443. The van der Waals surface area contributed by atoms with E-state index in [4.69, 9.17) is 4.74 Å². The van der Waals surface area contributed by atoms with Gasteiger partial charge in [0.25, 0.3) is 0 Å². The summed E-state index contributed by atoms with van der Waals surface area (Å²) in [6.07, 6.45) is 1.35. The van der Waals surface area contributed by atoms with E-state index in [0.29, 0.717) is 12.5 Å². The van der Waals surface area contributed by atoms with Crippen LogP contribution in [-0.4, -0.2) is 36.3 Å². The second-order valence-electron chi connectivity index (χ2n) is 7.03. The third-order valence-electron chi connectivity index (χ3n) is 4.22. The van der Waals surface area contributed by atoms with Gasteiger partial charge in [-0.05, 0) is 50.1 Å². The molecule has 0 atom stereocenters. The van der Waals surface area contributed by atoms with E-state index in [0.717, 1.165) is 28.4 Å². The summed E-state index contributed by atoms with van der Waals surface area (Å²) in [5.74, 6) is 0.389. The molecule has 7 heteroatoms. The van der Waals surface area contributed by atoms with Gasteiger partial charge in [0, 0.05) is 29.2 Å². The Morgan fingerprint density at radius 3 is 2.46 bits per heavy atom. The van der Waals surface area contributed by atoms with Crippen molar-refractivity contribution in [2.75, 3.05) is 13.7 Å². The van der Waals surface area contributed by atoms with E-state index in [9.17, 15) is 9.59 Å². The normalized spacial score (nSPS) is 11.1. The molecule has 0 aliphatic heterocycles. The minimum absolute atomic E-state index is 0.241. The van der Waals surface area contributed by atoms with Crippen molar-refractivity contribution in [1.82, 2.24) is 15.3 Å². The molecule has 2 N–H and O–H groups in total. The highest BCUT2D eigenvalue weighted by Gasteiger charge is 2.11. The molecule has 2 aromatic rings. The number of aryl methyl sites for hydroxylation is 1. The van der Waals surface area contributed by atoms with Crippen LogP contribution in [0.25, 0.3) is 5.69 Å². The zero-order valence-corrected chi connectivity index (χ0v) is 17.1. The second kappa shape index (κ2) is 9.73. The van der Waals surface area contributed by atoms with Crippen LogP contribution in [0.1, 0.15) is 37.2 Å². The molecular formula is C21H28N4O3. The van der Waals surface area contributed by atoms with Crippen LogP contribution in [0, 0.1) is 19.8 Å². The highest BCUT2D eigenvalue weighted by atomic mass is 16.5. The first-order valence-corrected chi connectivity index (χ1v) is 9.23. The molecule has 1 aromatic carbocycles. The standard InChI is InChI=1S/C21H28N4O3/c1-14(2)12-22-20(26)11-21(27)24-23-13-17-10-15(3)25(16(17)4)18-6-8-19(28-5)9-7-18/h6-10,13-14H,11-12H2,1-5H3,(H,22,26)(H,24,27)/b23-13+. The Labute approximate surface area is 165 Å². The molecule has 0 saturated heterocycles. The largest absolute Gasteiger partial charge is 0.497 e. The summed E-state index contributed by atoms with van der Waals surface area (Å²) in [6.45, 7) is 8.53. The maximum absolute atomic E-state index is 11.8. The van der Waals surface area contributed by atoms with Crippen LogP contribution in [0.15, 0.2) is 35.4 Å². The van der Waals surface area contributed by atoms with E-state index < -0.39 is 5.91 Å². The lowest BCUT2D eigenvalue weighted by atomic mass is 10.2. The van der Waals surface area contributed by atoms with Crippen LogP contribution in [0.2, 0.25) is 0 Å². The van der Waals surface area contributed by atoms with E-state index in [1.807, 2.05) is 58.0 Å². The van der Waals surface area contributed by atoms with Gasteiger partial charge in [0.05, 0.1) is 13.3 Å². The van der Waals surface area contributed by atoms with Crippen molar-refractivity contribution in [3.8, 4) is 11.4 Å². The van der Waals surface area contributed by atoms with Crippen molar-refractivity contribution in [3.63, 3.8) is 0 Å². The molecule has 0 unspecified atom stereocenters. The van der Waals surface area contributed by atoms with Crippen LogP contribution in [0.5, 0.6) is 5.75 Å². The second-order valence-corrected chi connectivity index (χ2v) is 7.03. The first-order valence-electron chi connectivity index (χ1n) is 9.23. The number of hydrogen-bond donors (Lipinski definition) is 2. The van der Waals surface area contributed by atoms with Gasteiger partial charge in [-0.3, -0.25) is 9.59 Å². The average Bonchev–Trinajstić information content (AvgIpc) is 2.93. The predicted octanol–water partition coefficient (Wildman–Crippen LogP) is 2.72. The fraction of sp³-hybridized carbons (Fsp3) is 0.381. The molecule has 2 rings (SSSR count). The molecule has 0 bridgehead atoms. The lowest BCUT2D eigenvalue weighted by Crippen LogP contribution is -2.32.